The second kappa shape index (κ2) is 10.2. The molecule has 0 radical (unpaired) electrons. The number of aromatic nitrogens is 4. The summed E-state index contributed by atoms with van der Waals surface area (Å²) in [6.07, 6.45) is 0. The van der Waals surface area contributed by atoms with Gasteiger partial charge in [-0.25, -0.2) is 9.97 Å². The summed E-state index contributed by atoms with van der Waals surface area (Å²) in [4.78, 5) is 11.1. The number of fused-ring (bicyclic) bond motifs is 16. The van der Waals surface area contributed by atoms with Crippen LogP contribution < -0.4 is 0 Å². The second-order valence-electron chi connectivity index (χ2n) is 14.5. The molecule has 0 saturated carbocycles. The highest BCUT2D eigenvalue weighted by Crippen LogP contribution is 2.48. The molecule has 0 aliphatic heterocycles. The smallest absolute Gasteiger partial charge is 0.235 e. The van der Waals surface area contributed by atoms with Gasteiger partial charge in [-0.15, -0.1) is 0 Å². The first kappa shape index (κ1) is 28.3. The minimum absolute atomic E-state index is 0.665. The number of hydrogen-bond donors (Lipinski definition) is 0. The molecule has 0 unspecified atom stereocenters. The van der Waals surface area contributed by atoms with Crippen molar-refractivity contribution < 1.29 is 0 Å². The maximum atomic E-state index is 5.61. The molecule has 0 atom stereocenters. The SMILES string of the molecule is c1ccc2cc(-c3nc(-n4c5ccccc5c5c6c7c8ccccc8ccc7n7c8ccccc8c(cc54)c67)nc4ccc5ccccc5c34)ccc2c1. The van der Waals surface area contributed by atoms with Crippen LogP contribution in [0.5, 0.6) is 0 Å². The Morgan fingerprint density at radius 2 is 0.963 bits per heavy atom. The third kappa shape index (κ3) is 3.57. The highest BCUT2D eigenvalue weighted by atomic mass is 15.2. The maximum Gasteiger partial charge on any atom is 0.235 e. The van der Waals surface area contributed by atoms with E-state index in [1.165, 1.54) is 75.8 Å². The molecule has 0 spiro atoms. The van der Waals surface area contributed by atoms with Crippen LogP contribution >= 0.6 is 0 Å². The van der Waals surface area contributed by atoms with E-state index in [2.05, 4.69) is 179 Å². The normalized spacial score (nSPS) is 12.4. The largest absolute Gasteiger partial charge is 0.308 e. The predicted molar refractivity (Wildman–Crippen MR) is 226 cm³/mol. The van der Waals surface area contributed by atoms with Gasteiger partial charge in [0.1, 0.15) is 0 Å². The van der Waals surface area contributed by atoms with Crippen molar-refractivity contribution in [3.05, 3.63) is 170 Å². The van der Waals surface area contributed by atoms with Crippen LogP contribution in [0.4, 0.5) is 0 Å². The summed E-state index contributed by atoms with van der Waals surface area (Å²) in [7, 11) is 0. The van der Waals surface area contributed by atoms with Crippen molar-refractivity contribution in [2.45, 2.75) is 0 Å². The van der Waals surface area contributed by atoms with Crippen molar-refractivity contribution in [3.8, 4) is 17.2 Å². The van der Waals surface area contributed by atoms with Crippen LogP contribution in [0.25, 0.3) is 120 Å². The molecule has 0 fully saturated rings. The van der Waals surface area contributed by atoms with Crippen molar-refractivity contribution in [2.75, 3.05) is 0 Å². The molecule has 4 heteroatoms. The molecule has 4 aromatic heterocycles. The van der Waals surface area contributed by atoms with Gasteiger partial charge in [0.25, 0.3) is 0 Å². The van der Waals surface area contributed by atoms with E-state index in [0.717, 1.165) is 38.6 Å². The Labute approximate surface area is 308 Å². The molecule has 0 N–H and O–H groups in total. The Hall–Kier alpha value is -7.30. The van der Waals surface area contributed by atoms with Crippen LogP contribution in [0, 0.1) is 0 Å². The Bertz CT molecular complexity index is 3740. The minimum Gasteiger partial charge on any atom is -0.308 e. The molecular formula is C50H28N4. The van der Waals surface area contributed by atoms with Crippen LogP contribution in [0.15, 0.2) is 170 Å². The van der Waals surface area contributed by atoms with Crippen LogP contribution in [-0.2, 0) is 0 Å². The third-order valence-corrected chi connectivity index (χ3v) is 11.8. The molecule has 4 nitrogen and oxygen atoms in total. The average molecular weight is 685 g/mol. The average Bonchev–Trinajstić information content (AvgIpc) is 3.87. The van der Waals surface area contributed by atoms with Gasteiger partial charge in [0, 0.05) is 43.3 Å². The van der Waals surface area contributed by atoms with E-state index in [4.69, 9.17) is 9.97 Å². The first-order chi connectivity index (χ1) is 26.8. The van der Waals surface area contributed by atoms with E-state index in [9.17, 15) is 0 Å². The highest BCUT2D eigenvalue weighted by Gasteiger charge is 2.26. The number of nitrogens with zero attached hydrogens (tertiary/aromatic N) is 4. The van der Waals surface area contributed by atoms with Crippen molar-refractivity contribution in [3.63, 3.8) is 0 Å². The zero-order valence-electron chi connectivity index (χ0n) is 29.0. The molecule has 0 bridgehead atoms. The fraction of sp³-hybridized carbons (Fsp3) is 0. The van der Waals surface area contributed by atoms with Gasteiger partial charge in [0.05, 0.1) is 38.8 Å². The Kier molecular flexibility index (Phi) is 5.34. The summed E-state index contributed by atoms with van der Waals surface area (Å²) in [6, 6.07) is 61.5. The third-order valence-electron chi connectivity index (χ3n) is 11.8. The van der Waals surface area contributed by atoms with Crippen LogP contribution in [-0.4, -0.2) is 18.9 Å². The van der Waals surface area contributed by atoms with Crippen LogP contribution in [0.3, 0.4) is 0 Å². The number of benzene rings is 9. The molecule has 13 aromatic rings. The quantitative estimate of drug-likeness (QED) is 0.170. The Morgan fingerprint density at radius 3 is 1.78 bits per heavy atom. The highest BCUT2D eigenvalue weighted by molar-refractivity contribution is 6.38. The minimum atomic E-state index is 0.665. The van der Waals surface area contributed by atoms with Gasteiger partial charge in [-0.3, -0.25) is 4.57 Å². The van der Waals surface area contributed by atoms with E-state index in [1.807, 2.05) is 0 Å². The van der Waals surface area contributed by atoms with E-state index >= 15 is 0 Å². The van der Waals surface area contributed by atoms with Gasteiger partial charge in [0.2, 0.25) is 5.95 Å². The molecule has 0 amide bonds. The Morgan fingerprint density at radius 1 is 0.352 bits per heavy atom. The molecular weight excluding hydrogens is 657 g/mol. The molecule has 0 aliphatic carbocycles. The van der Waals surface area contributed by atoms with Gasteiger partial charge in [0.15, 0.2) is 0 Å². The van der Waals surface area contributed by atoms with Gasteiger partial charge in [-0.05, 0) is 68.7 Å². The van der Waals surface area contributed by atoms with Crippen molar-refractivity contribution in [1.82, 2.24) is 18.9 Å². The van der Waals surface area contributed by atoms with Gasteiger partial charge in [-0.1, -0.05) is 133 Å². The van der Waals surface area contributed by atoms with Gasteiger partial charge >= 0.3 is 0 Å². The summed E-state index contributed by atoms with van der Waals surface area (Å²) in [5.74, 6) is 0.665. The van der Waals surface area contributed by atoms with Gasteiger partial charge in [-0.2, -0.15) is 0 Å². The summed E-state index contributed by atoms with van der Waals surface area (Å²) >= 11 is 0. The van der Waals surface area contributed by atoms with E-state index in [1.54, 1.807) is 0 Å². The molecule has 4 heterocycles. The molecule has 0 aliphatic rings. The number of para-hydroxylation sites is 2. The predicted octanol–water partition coefficient (Wildman–Crippen LogP) is 13.0. The monoisotopic (exact) mass is 684 g/mol. The van der Waals surface area contributed by atoms with Crippen molar-refractivity contribution in [2.24, 2.45) is 0 Å². The zero-order valence-corrected chi connectivity index (χ0v) is 29.0. The number of hydrogen-bond acceptors (Lipinski definition) is 2. The molecule has 13 rings (SSSR count). The van der Waals surface area contributed by atoms with Crippen LogP contribution in [0.2, 0.25) is 0 Å². The zero-order chi connectivity index (χ0) is 35.1. The first-order valence-electron chi connectivity index (χ1n) is 18.5. The summed E-state index contributed by atoms with van der Waals surface area (Å²) in [5, 5.41) is 15.8. The van der Waals surface area contributed by atoms with E-state index < -0.39 is 0 Å². The molecule has 54 heavy (non-hydrogen) atoms. The second-order valence-corrected chi connectivity index (χ2v) is 14.5. The molecule has 9 aromatic carbocycles. The lowest BCUT2D eigenvalue weighted by atomic mass is 9.98. The van der Waals surface area contributed by atoms with Crippen molar-refractivity contribution in [1.29, 1.82) is 0 Å². The lowest BCUT2D eigenvalue weighted by molar-refractivity contribution is 1.02. The maximum absolute atomic E-state index is 5.61. The fourth-order valence-corrected chi connectivity index (χ4v) is 9.53. The van der Waals surface area contributed by atoms with E-state index in [0.29, 0.717) is 5.95 Å². The van der Waals surface area contributed by atoms with E-state index in [-0.39, 0.29) is 0 Å². The molecule has 248 valence electrons. The lowest BCUT2D eigenvalue weighted by Gasteiger charge is -2.14. The van der Waals surface area contributed by atoms with Gasteiger partial charge < -0.3 is 4.40 Å². The summed E-state index contributed by atoms with van der Waals surface area (Å²) in [6.45, 7) is 0. The molecule has 0 saturated heterocycles. The standard InChI is InChI=1S/C50H28N4/c1-2-14-32-27-33(22-21-29(32)11-1)48-44-34-15-5-3-12-30(34)23-25-39(44)51-50(52-48)54-41-20-10-8-18-37(41)46-43(54)28-38-36-17-7-9-19-40(36)53-42-26-24-31-13-4-6-16-35(31)45(42)47(46)49(38)53/h1-28H. The van der Waals surface area contributed by atoms with Crippen LogP contribution in [0.1, 0.15) is 0 Å². The fourth-order valence-electron chi connectivity index (χ4n) is 9.53. The lowest BCUT2D eigenvalue weighted by Crippen LogP contribution is -2.04. The Balaban J connectivity index is 1.24. The summed E-state index contributed by atoms with van der Waals surface area (Å²) < 4.78 is 4.80. The first-order valence-corrected chi connectivity index (χ1v) is 18.5. The number of rotatable bonds is 2. The van der Waals surface area contributed by atoms with Crippen molar-refractivity contribution >= 4 is 103 Å². The topological polar surface area (TPSA) is 35.1 Å². The summed E-state index contributed by atoms with van der Waals surface area (Å²) in [5.41, 5.74) is 8.83.